The number of nitriles is 1. The molecule has 5 rings (SSSR count). The van der Waals surface area contributed by atoms with Crippen LogP contribution in [-0.4, -0.2) is 20.2 Å². The number of piperidine rings is 1. The third kappa shape index (κ3) is 3.10. The molecule has 1 aliphatic heterocycles. The first kappa shape index (κ1) is 18.6. The number of ether oxygens (including phenoxy) is 1. The van der Waals surface area contributed by atoms with Crippen molar-refractivity contribution in [2.45, 2.75) is 64.2 Å². The van der Waals surface area contributed by atoms with Crippen molar-refractivity contribution in [3.63, 3.8) is 0 Å². The molecule has 0 unspecified atom stereocenters. The number of benzene rings is 2. The number of anilines is 1. The summed E-state index contributed by atoms with van der Waals surface area (Å²) in [6.45, 7) is 2.19. The molecule has 0 spiro atoms. The fourth-order valence-corrected chi connectivity index (χ4v) is 5.79. The lowest BCUT2D eigenvalue weighted by atomic mass is 9.77. The fourth-order valence-electron chi connectivity index (χ4n) is 5.79. The zero-order valence-corrected chi connectivity index (χ0v) is 17.5. The van der Waals surface area contributed by atoms with E-state index in [0.717, 1.165) is 50.1 Å². The summed E-state index contributed by atoms with van der Waals surface area (Å²) in [6, 6.07) is 9.28. The van der Waals surface area contributed by atoms with Crippen LogP contribution in [-0.2, 0) is 25.7 Å². The molecule has 150 valence electrons. The van der Waals surface area contributed by atoms with E-state index in [1.165, 1.54) is 77.6 Å². The number of nitrogens with zero attached hydrogens (tertiary/aromatic N) is 2. The van der Waals surface area contributed by atoms with Crippen LogP contribution in [0.5, 0.6) is 5.75 Å². The van der Waals surface area contributed by atoms with Crippen LogP contribution in [0.15, 0.2) is 18.2 Å². The molecule has 0 amide bonds. The van der Waals surface area contributed by atoms with E-state index in [9.17, 15) is 5.26 Å². The largest absolute Gasteiger partial charge is 0.497 e. The summed E-state index contributed by atoms with van der Waals surface area (Å²) in [6.07, 6.45) is 11.7. The first-order valence-electron chi connectivity index (χ1n) is 11.3. The fraction of sp³-hybridized carbons (Fsp3) is 0.500. The van der Waals surface area contributed by atoms with Crippen molar-refractivity contribution in [2.75, 3.05) is 25.1 Å². The van der Waals surface area contributed by atoms with E-state index in [4.69, 9.17) is 4.74 Å². The van der Waals surface area contributed by atoms with Crippen molar-refractivity contribution in [3.05, 3.63) is 46.0 Å². The Hall–Kier alpha value is -2.47. The maximum atomic E-state index is 10.3. The van der Waals surface area contributed by atoms with Gasteiger partial charge in [0.1, 0.15) is 11.8 Å². The summed E-state index contributed by atoms with van der Waals surface area (Å²) in [5, 5.41) is 10.3. The molecule has 2 aliphatic carbocycles. The lowest BCUT2D eigenvalue weighted by molar-refractivity contribution is 0.414. The van der Waals surface area contributed by atoms with Gasteiger partial charge in [0.15, 0.2) is 0 Å². The maximum absolute atomic E-state index is 10.3. The highest BCUT2D eigenvalue weighted by Crippen LogP contribution is 2.47. The Morgan fingerprint density at radius 2 is 1.62 bits per heavy atom. The Balaban J connectivity index is 1.79. The predicted octanol–water partition coefficient (Wildman–Crippen LogP) is 5.59. The van der Waals surface area contributed by atoms with Crippen molar-refractivity contribution in [1.29, 1.82) is 5.26 Å². The highest BCUT2D eigenvalue weighted by molar-refractivity contribution is 5.86. The summed E-state index contributed by atoms with van der Waals surface area (Å²) in [7, 11) is 1.75. The average molecular weight is 387 g/mol. The van der Waals surface area contributed by atoms with Crippen LogP contribution in [0.3, 0.4) is 0 Å². The number of hydrogen-bond acceptors (Lipinski definition) is 3. The van der Waals surface area contributed by atoms with Crippen molar-refractivity contribution in [3.8, 4) is 22.9 Å². The minimum atomic E-state index is 0.947. The SMILES string of the molecule is COc1ccc2c(c1)CCc1c-2c2c(c(C#N)c1N1CCCCC1)CCCCC2. The third-order valence-electron chi connectivity index (χ3n) is 7.16. The summed E-state index contributed by atoms with van der Waals surface area (Å²) >= 11 is 0. The molecule has 2 aromatic carbocycles. The molecular formula is C26H30N2O. The third-order valence-corrected chi connectivity index (χ3v) is 7.16. The van der Waals surface area contributed by atoms with Crippen molar-refractivity contribution < 1.29 is 4.74 Å². The molecule has 0 N–H and O–H groups in total. The van der Waals surface area contributed by atoms with Crippen molar-refractivity contribution >= 4 is 5.69 Å². The number of aryl methyl sites for hydroxylation is 1. The Morgan fingerprint density at radius 3 is 2.38 bits per heavy atom. The lowest BCUT2D eigenvalue weighted by Crippen LogP contribution is -2.32. The van der Waals surface area contributed by atoms with E-state index in [1.807, 2.05) is 0 Å². The average Bonchev–Trinajstić information content (AvgIpc) is 3.04. The molecule has 0 bridgehead atoms. The number of methoxy groups -OCH3 is 1. The van der Waals surface area contributed by atoms with E-state index >= 15 is 0 Å². The van der Waals surface area contributed by atoms with Gasteiger partial charge in [-0.2, -0.15) is 5.26 Å². The van der Waals surface area contributed by atoms with Crippen LogP contribution in [0.1, 0.15) is 66.3 Å². The second kappa shape index (κ2) is 7.75. The van der Waals surface area contributed by atoms with Gasteiger partial charge in [-0.25, -0.2) is 0 Å². The summed E-state index contributed by atoms with van der Waals surface area (Å²) in [5.74, 6) is 0.947. The van der Waals surface area contributed by atoms with Crippen molar-refractivity contribution in [1.82, 2.24) is 0 Å². The topological polar surface area (TPSA) is 36.3 Å². The van der Waals surface area contributed by atoms with E-state index in [2.05, 4.69) is 29.2 Å². The Kier molecular flexibility index (Phi) is 4.96. The van der Waals surface area contributed by atoms with Gasteiger partial charge in [-0.3, -0.25) is 0 Å². The number of fused-ring (bicyclic) bond motifs is 5. The van der Waals surface area contributed by atoms with E-state index in [-0.39, 0.29) is 0 Å². The molecule has 0 saturated carbocycles. The molecule has 2 aromatic rings. The maximum Gasteiger partial charge on any atom is 0.119 e. The smallest absolute Gasteiger partial charge is 0.119 e. The van der Waals surface area contributed by atoms with Crippen LogP contribution in [0.4, 0.5) is 5.69 Å². The van der Waals surface area contributed by atoms with Crippen LogP contribution in [0.25, 0.3) is 11.1 Å². The Labute approximate surface area is 174 Å². The minimum absolute atomic E-state index is 0.947. The van der Waals surface area contributed by atoms with Gasteiger partial charge in [0.25, 0.3) is 0 Å². The molecule has 3 nitrogen and oxygen atoms in total. The molecule has 3 heteroatoms. The zero-order chi connectivity index (χ0) is 19.8. The first-order chi connectivity index (χ1) is 14.3. The molecule has 0 radical (unpaired) electrons. The highest BCUT2D eigenvalue weighted by Gasteiger charge is 2.31. The van der Waals surface area contributed by atoms with Crippen molar-refractivity contribution in [2.24, 2.45) is 0 Å². The minimum Gasteiger partial charge on any atom is -0.497 e. The predicted molar refractivity (Wildman–Crippen MR) is 118 cm³/mol. The van der Waals surface area contributed by atoms with Gasteiger partial charge in [-0.1, -0.05) is 12.5 Å². The molecule has 1 fully saturated rings. The zero-order valence-electron chi connectivity index (χ0n) is 17.5. The van der Waals surface area contributed by atoms with Crippen LogP contribution in [0, 0.1) is 11.3 Å². The molecule has 1 heterocycles. The summed E-state index contributed by atoms with van der Waals surface area (Å²) in [5.41, 5.74) is 10.8. The van der Waals surface area contributed by atoms with Crippen LogP contribution < -0.4 is 9.64 Å². The molecule has 3 aliphatic rings. The van der Waals surface area contributed by atoms with E-state index < -0.39 is 0 Å². The Bertz CT molecular complexity index is 979. The summed E-state index contributed by atoms with van der Waals surface area (Å²) < 4.78 is 5.51. The highest BCUT2D eigenvalue weighted by atomic mass is 16.5. The molecule has 29 heavy (non-hydrogen) atoms. The van der Waals surface area contributed by atoms with Gasteiger partial charge < -0.3 is 9.64 Å². The monoisotopic (exact) mass is 386 g/mol. The quantitative estimate of drug-likeness (QED) is 0.631. The van der Waals surface area contributed by atoms with Gasteiger partial charge in [-0.05, 0) is 103 Å². The second-order valence-corrected chi connectivity index (χ2v) is 8.78. The molecular weight excluding hydrogens is 356 g/mol. The van der Waals surface area contributed by atoms with Gasteiger partial charge in [0, 0.05) is 13.1 Å². The van der Waals surface area contributed by atoms with Gasteiger partial charge >= 0.3 is 0 Å². The van der Waals surface area contributed by atoms with E-state index in [0.29, 0.717) is 0 Å². The first-order valence-corrected chi connectivity index (χ1v) is 11.3. The second-order valence-electron chi connectivity index (χ2n) is 8.78. The van der Waals surface area contributed by atoms with Crippen LogP contribution >= 0.6 is 0 Å². The van der Waals surface area contributed by atoms with E-state index in [1.54, 1.807) is 7.11 Å². The molecule has 0 atom stereocenters. The molecule has 1 saturated heterocycles. The lowest BCUT2D eigenvalue weighted by Gasteiger charge is -2.36. The number of rotatable bonds is 2. The molecule has 0 aromatic heterocycles. The standard InChI is InChI=1S/C26H30N2O/c1-29-19-11-13-20-18(16-19)10-12-23-25(20)22-9-5-2-4-8-21(22)24(17-27)26(23)28-14-6-3-7-15-28/h11,13,16H,2-10,12,14-15H2,1H3. The van der Waals surface area contributed by atoms with Gasteiger partial charge in [0.2, 0.25) is 0 Å². The number of hydrogen-bond donors (Lipinski definition) is 0. The summed E-state index contributed by atoms with van der Waals surface area (Å²) in [4.78, 5) is 2.54. The van der Waals surface area contributed by atoms with Crippen LogP contribution in [0.2, 0.25) is 0 Å². The Morgan fingerprint density at radius 1 is 0.862 bits per heavy atom. The normalized spacial score (nSPS) is 18.1. The van der Waals surface area contributed by atoms with Gasteiger partial charge in [0.05, 0.1) is 18.4 Å². The van der Waals surface area contributed by atoms with Gasteiger partial charge in [-0.15, -0.1) is 0 Å².